The molecule has 0 spiro atoms. The molecule has 3 aliphatic rings. The summed E-state index contributed by atoms with van der Waals surface area (Å²) in [6, 6.07) is 11.4. The van der Waals surface area contributed by atoms with E-state index >= 15 is 0 Å². The second-order valence-electron chi connectivity index (χ2n) is 10.9. The number of halogens is 2. The van der Waals surface area contributed by atoms with Crippen LogP contribution >= 0.6 is 35.0 Å². The number of nitrogens with one attached hydrogen (secondary N) is 2. The van der Waals surface area contributed by atoms with Crippen molar-refractivity contribution in [3.63, 3.8) is 0 Å². The summed E-state index contributed by atoms with van der Waals surface area (Å²) in [6.07, 6.45) is 6.77. The van der Waals surface area contributed by atoms with Crippen LogP contribution in [0, 0.1) is 13.8 Å². The Bertz CT molecular complexity index is 1470. The second-order valence-corrected chi connectivity index (χ2v) is 12.7. The van der Waals surface area contributed by atoms with Crippen LogP contribution in [0.5, 0.6) is 0 Å². The molecule has 6 nitrogen and oxygen atoms in total. The van der Waals surface area contributed by atoms with Gasteiger partial charge in [-0.3, -0.25) is 9.59 Å². The number of carbonyl (C=O) groups excluding carboxylic acids is 2. The van der Waals surface area contributed by atoms with Gasteiger partial charge < -0.3 is 20.1 Å². The molecule has 0 atom stereocenters. The quantitative estimate of drug-likeness (QED) is 0.230. The SMILES string of the molecule is CN1CCCC1.Cc1[nH]c(/C=C2\C(=O)Nc3ccc(SCc4c(Cl)cccc4Cl)cc32)c(C)c1C(=O)N1CCCC1. The van der Waals surface area contributed by atoms with Gasteiger partial charge in [-0.05, 0) is 107 Å². The van der Waals surface area contributed by atoms with Crippen LogP contribution in [0.4, 0.5) is 5.69 Å². The number of amides is 2. The lowest BCUT2D eigenvalue weighted by atomic mass is 10.0. The summed E-state index contributed by atoms with van der Waals surface area (Å²) in [6.45, 7) is 8.09. The molecule has 0 saturated carbocycles. The van der Waals surface area contributed by atoms with Gasteiger partial charge in [-0.1, -0.05) is 29.3 Å². The molecule has 6 rings (SSSR count). The Morgan fingerprint density at radius 3 is 2.29 bits per heavy atom. The molecule has 1 aromatic heterocycles. The number of carbonyl (C=O) groups is 2. The molecular weight excluding hydrogens is 575 g/mol. The number of rotatable bonds is 5. The van der Waals surface area contributed by atoms with E-state index in [9.17, 15) is 9.59 Å². The van der Waals surface area contributed by atoms with Gasteiger partial charge in [0, 0.05) is 56.4 Å². The van der Waals surface area contributed by atoms with E-state index in [0.29, 0.717) is 26.9 Å². The number of hydrogen-bond acceptors (Lipinski definition) is 4. The first-order valence-corrected chi connectivity index (χ1v) is 15.9. The molecule has 4 heterocycles. The molecule has 0 unspecified atom stereocenters. The first-order valence-electron chi connectivity index (χ1n) is 14.1. The Labute approximate surface area is 256 Å². The molecule has 3 aromatic rings. The van der Waals surface area contributed by atoms with Crippen molar-refractivity contribution >= 4 is 64.1 Å². The molecule has 0 bridgehead atoms. The minimum absolute atomic E-state index is 0.0617. The Morgan fingerprint density at radius 1 is 1.00 bits per heavy atom. The van der Waals surface area contributed by atoms with Crippen LogP contribution in [0.15, 0.2) is 41.3 Å². The van der Waals surface area contributed by atoms with Gasteiger partial charge in [-0.25, -0.2) is 0 Å². The number of aromatic nitrogens is 1. The van der Waals surface area contributed by atoms with Crippen LogP contribution in [-0.4, -0.2) is 59.8 Å². The average molecular weight is 612 g/mol. The normalized spacial score (nSPS) is 17.5. The van der Waals surface area contributed by atoms with E-state index in [1.54, 1.807) is 11.8 Å². The van der Waals surface area contributed by atoms with Gasteiger partial charge in [-0.15, -0.1) is 11.8 Å². The highest BCUT2D eigenvalue weighted by Crippen LogP contribution is 2.38. The number of fused-ring (bicyclic) bond motifs is 1. The highest BCUT2D eigenvalue weighted by molar-refractivity contribution is 7.98. The number of benzene rings is 2. The fraction of sp³-hybridized carbons (Fsp3) is 0.375. The number of aryl methyl sites for hydroxylation is 1. The Morgan fingerprint density at radius 2 is 1.66 bits per heavy atom. The van der Waals surface area contributed by atoms with Crippen LogP contribution in [0.3, 0.4) is 0 Å². The predicted octanol–water partition coefficient (Wildman–Crippen LogP) is 7.67. The van der Waals surface area contributed by atoms with Crippen molar-refractivity contribution in [1.29, 1.82) is 0 Å². The summed E-state index contributed by atoms with van der Waals surface area (Å²) in [7, 11) is 2.17. The lowest BCUT2D eigenvalue weighted by Gasteiger charge is -2.15. The maximum atomic E-state index is 13.1. The van der Waals surface area contributed by atoms with E-state index in [-0.39, 0.29) is 11.8 Å². The van der Waals surface area contributed by atoms with Gasteiger partial charge in [-0.2, -0.15) is 0 Å². The smallest absolute Gasteiger partial charge is 0.256 e. The van der Waals surface area contributed by atoms with Crippen molar-refractivity contribution < 1.29 is 9.59 Å². The number of nitrogens with zero attached hydrogens (tertiary/aromatic N) is 2. The van der Waals surface area contributed by atoms with E-state index in [4.69, 9.17) is 23.2 Å². The summed E-state index contributed by atoms with van der Waals surface area (Å²) in [5, 5.41) is 4.23. The molecule has 3 aliphatic heterocycles. The van der Waals surface area contributed by atoms with Crippen molar-refractivity contribution in [3.8, 4) is 0 Å². The number of H-pyrrole nitrogens is 1. The molecule has 216 valence electrons. The van der Waals surface area contributed by atoms with E-state index in [1.165, 1.54) is 25.9 Å². The molecule has 2 N–H and O–H groups in total. The third-order valence-corrected chi connectivity index (χ3v) is 9.65. The number of hydrogen-bond donors (Lipinski definition) is 2. The zero-order valence-corrected chi connectivity index (χ0v) is 26.1. The molecule has 2 fully saturated rings. The molecule has 41 heavy (non-hydrogen) atoms. The van der Waals surface area contributed by atoms with Crippen LogP contribution in [0.1, 0.15) is 64.1 Å². The maximum absolute atomic E-state index is 13.1. The van der Waals surface area contributed by atoms with Gasteiger partial charge >= 0.3 is 0 Å². The monoisotopic (exact) mass is 610 g/mol. The lowest BCUT2D eigenvalue weighted by molar-refractivity contribution is -0.110. The second kappa shape index (κ2) is 13.1. The fourth-order valence-electron chi connectivity index (χ4n) is 5.56. The van der Waals surface area contributed by atoms with E-state index in [1.807, 2.05) is 61.2 Å². The van der Waals surface area contributed by atoms with Crippen LogP contribution in [0.2, 0.25) is 10.0 Å². The summed E-state index contributed by atoms with van der Waals surface area (Å²) >= 11 is 14.3. The molecule has 0 radical (unpaired) electrons. The summed E-state index contributed by atoms with van der Waals surface area (Å²) in [5.74, 6) is 0.524. The fourth-order valence-corrected chi connectivity index (χ4v) is 7.24. The first-order chi connectivity index (χ1) is 19.7. The van der Waals surface area contributed by atoms with Crippen LogP contribution < -0.4 is 5.32 Å². The molecule has 2 amide bonds. The summed E-state index contributed by atoms with van der Waals surface area (Å²) in [4.78, 5) is 34.5. The van der Waals surface area contributed by atoms with Gasteiger partial charge in [0.15, 0.2) is 0 Å². The minimum Gasteiger partial charge on any atom is -0.358 e. The number of anilines is 1. The van der Waals surface area contributed by atoms with Crippen LogP contribution in [-0.2, 0) is 10.5 Å². The zero-order valence-electron chi connectivity index (χ0n) is 23.8. The van der Waals surface area contributed by atoms with Crippen molar-refractivity contribution in [3.05, 3.63) is 80.1 Å². The van der Waals surface area contributed by atoms with Crippen molar-refractivity contribution in [2.75, 3.05) is 38.5 Å². The van der Waals surface area contributed by atoms with Crippen LogP contribution in [0.25, 0.3) is 11.6 Å². The number of aromatic amines is 1. The van der Waals surface area contributed by atoms with E-state index < -0.39 is 0 Å². The Kier molecular flexibility index (Phi) is 9.49. The number of likely N-dealkylation sites (tertiary alicyclic amines) is 2. The van der Waals surface area contributed by atoms with Gasteiger partial charge in [0.05, 0.1) is 11.1 Å². The highest BCUT2D eigenvalue weighted by Gasteiger charge is 2.28. The maximum Gasteiger partial charge on any atom is 0.256 e. The van der Waals surface area contributed by atoms with E-state index in [2.05, 4.69) is 22.2 Å². The zero-order chi connectivity index (χ0) is 29.1. The van der Waals surface area contributed by atoms with Gasteiger partial charge in [0.1, 0.15) is 0 Å². The Hall–Kier alpha value is -2.71. The Balaban J connectivity index is 0.000000500. The highest BCUT2D eigenvalue weighted by atomic mass is 35.5. The summed E-state index contributed by atoms with van der Waals surface area (Å²) < 4.78 is 0. The van der Waals surface area contributed by atoms with Gasteiger partial charge in [0.25, 0.3) is 11.8 Å². The third-order valence-electron chi connectivity index (χ3n) is 7.92. The first kappa shape index (κ1) is 29.8. The van der Waals surface area contributed by atoms with Gasteiger partial charge in [0.2, 0.25) is 0 Å². The van der Waals surface area contributed by atoms with E-state index in [0.717, 1.165) is 64.6 Å². The molecular formula is C32H36Cl2N4O2S. The molecule has 2 saturated heterocycles. The average Bonchev–Trinajstić information content (AvgIpc) is 3.74. The predicted molar refractivity (Wildman–Crippen MR) is 171 cm³/mol. The standard InChI is InChI=1S/C27H25Cl2N3O2S.C5H11N/c1-15-24(30-16(2)25(15)27(34)32-10-3-4-11-32)13-19-18-12-17(8-9-23(18)31-26(19)33)35-14-20-21(28)6-5-7-22(20)29;1-6-4-2-3-5-6/h5-9,12-13,30H,3-4,10-11,14H2,1-2H3,(H,31,33);2-5H2,1H3/b19-13-;. The van der Waals surface area contributed by atoms with Crippen molar-refractivity contribution in [2.24, 2.45) is 0 Å². The number of thioether (sulfide) groups is 1. The third kappa shape index (κ3) is 6.69. The van der Waals surface area contributed by atoms with Crippen molar-refractivity contribution in [1.82, 2.24) is 14.8 Å². The topological polar surface area (TPSA) is 68.4 Å². The lowest BCUT2D eigenvalue weighted by Crippen LogP contribution is -2.28. The summed E-state index contributed by atoms with van der Waals surface area (Å²) in [5.41, 5.74) is 6.25. The molecule has 2 aromatic carbocycles. The van der Waals surface area contributed by atoms with Crippen molar-refractivity contribution in [2.45, 2.75) is 50.2 Å². The molecule has 0 aliphatic carbocycles. The largest absolute Gasteiger partial charge is 0.358 e. The minimum atomic E-state index is -0.157. The molecule has 9 heteroatoms.